The van der Waals surface area contributed by atoms with Crippen molar-refractivity contribution in [3.05, 3.63) is 17.8 Å². The van der Waals surface area contributed by atoms with Gasteiger partial charge in [-0.2, -0.15) is 5.10 Å². The highest BCUT2D eigenvalue weighted by molar-refractivity contribution is 5.15. The lowest BCUT2D eigenvalue weighted by Crippen LogP contribution is -2.44. The molecular weight excluding hydrogens is 266 g/mol. The van der Waals surface area contributed by atoms with Crippen molar-refractivity contribution in [3.63, 3.8) is 0 Å². The quantitative estimate of drug-likeness (QED) is 0.927. The minimum Gasteiger partial charge on any atom is -0.480 e. The molecule has 1 aliphatic carbocycles. The lowest BCUT2D eigenvalue weighted by atomic mass is 9.74. The van der Waals surface area contributed by atoms with Gasteiger partial charge in [0.15, 0.2) is 0 Å². The first kappa shape index (κ1) is 14.7. The summed E-state index contributed by atoms with van der Waals surface area (Å²) in [6, 6.07) is 3.70. The van der Waals surface area contributed by atoms with Crippen LogP contribution < -0.4 is 10.5 Å². The number of hydrogen-bond donors (Lipinski definition) is 1. The molecule has 1 saturated heterocycles. The van der Waals surface area contributed by atoms with E-state index in [9.17, 15) is 0 Å². The summed E-state index contributed by atoms with van der Waals surface area (Å²) in [5.74, 6) is 0.959. The molecule has 0 aromatic carbocycles. The Bertz CT molecular complexity index is 452. The van der Waals surface area contributed by atoms with E-state index in [-0.39, 0.29) is 11.6 Å². The summed E-state index contributed by atoms with van der Waals surface area (Å²) in [4.78, 5) is 0. The normalized spacial score (nSPS) is 26.5. The Labute approximate surface area is 126 Å². The third-order valence-corrected chi connectivity index (χ3v) is 5.02. The predicted molar refractivity (Wildman–Crippen MR) is 80.0 cm³/mol. The molecule has 0 amide bonds. The zero-order chi connectivity index (χ0) is 14.7. The van der Waals surface area contributed by atoms with Crippen LogP contribution in [0.2, 0.25) is 0 Å². The number of nitrogens with two attached hydrogens (primary N) is 1. The largest absolute Gasteiger partial charge is 0.480 e. The molecule has 5 nitrogen and oxygen atoms in total. The molecule has 2 fully saturated rings. The molecule has 3 rings (SSSR count). The van der Waals surface area contributed by atoms with Crippen LogP contribution in [-0.4, -0.2) is 29.5 Å². The maximum Gasteiger partial charge on any atom is 0.233 e. The first-order chi connectivity index (χ1) is 10.2. The van der Waals surface area contributed by atoms with Crippen LogP contribution in [0.1, 0.15) is 56.7 Å². The first-order valence-electron chi connectivity index (χ1n) is 8.00. The summed E-state index contributed by atoms with van der Waals surface area (Å²) in [6.45, 7) is 0.821. The van der Waals surface area contributed by atoms with Crippen molar-refractivity contribution < 1.29 is 9.47 Å². The fourth-order valence-corrected chi connectivity index (χ4v) is 3.78. The molecule has 1 aliphatic heterocycles. The van der Waals surface area contributed by atoms with E-state index in [0.29, 0.717) is 11.8 Å². The average Bonchev–Trinajstić information content (AvgIpc) is 2.55. The summed E-state index contributed by atoms with van der Waals surface area (Å²) in [7, 11) is 1.59. The molecule has 1 saturated carbocycles. The number of hydrogen-bond acceptors (Lipinski definition) is 5. The van der Waals surface area contributed by atoms with E-state index in [0.717, 1.165) is 25.1 Å². The Balaban J connectivity index is 1.69. The monoisotopic (exact) mass is 291 g/mol. The summed E-state index contributed by atoms with van der Waals surface area (Å²) >= 11 is 0. The minimum absolute atomic E-state index is 0.0638. The molecule has 21 heavy (non-hydrogen) atoms. The predicted octanol–water partition coefficient (Wildman–Crippen LogP) is 2.61. The highest BCUT2D eigenvalue weighted by Crippen LogP contribution is 2.43. The van der Waals surface area contributed by atoms with Gasteiger partial charge in [0.2, 0.25) is 5.88 Å². The Morgan fingerprint density at radius 3 is 2.76 bits per heavy atom. The molecule has 5 heteroatoms. The molecule has 1 aromatic rings. The van der Waals surface area contributed by atoms with Crippen molar-refractivity contribution in [3.8, 4) is 5.88 Å². The first-order valence-corrected chi connectivity index (χ1v) is 8.00. The molecule has 0 radical (unpaired) electrons. The zero-order valence-corrected chi connectivity index (χ0v) is 12.8. The van der Waals surface area contributed by atoms with Gasteiger partial charge in [-0.1, -0.05) is 19.3 Å². The molecule has 2 heterocycles. The van der Waals surface area contributed by atoms with E-state index in [1.54, 1.807) is 7.11 Å². The average molecular weight is 291 g/mol. The molecule has 0 bridgehead atoms. The summed E-state index contributed by atoms with van der Waals surface area (Å²) in [6.07, 6.45) is 8.34. The van der Waals surface area contributed by atoms with Crippen molar-refractivity contribution in [2.45, 2.75) is 56.6 Å². The van der Waals surface area contributed by atoms with Gasteiger partial charge in [0.25, 0.3) is 0 Å². The second-order valence-electron chi connectivity index (χ2n) is 6.37. The van der Waals surface area contributed by atoms with Gasteiger partial charge >= 0.3 is 0 Å². The van der Waals surface area contributed by atoms with Gasteiger partial charge in [0, 0.05) is 12.7 Å². The third kappa shape index (κ3) is 3.19. The topological polar surface area (TPSA) is 70.3 Å². The smallest absolute Gasteiger partial charge is 0.233 e. The van der Waals surface area contributed by atoms with Gasteiger partial charge in [-0.05, 0) is 37.7 Å². The standard InChI is InChI=1S/C16H25N3O2/c1-20-14-6-5-13(18-19-14)15(17)12-7-10-21-16(11-12)8-3-2-4-9-16/h5-6,12,15H,2-4,7-11,17H2,1H3. The molecule has 116 valence electrons. The van der Waals surface area contributed by atoms with Crippen molar-refractivity contribution in [2.24, 2.45) is 11.7 Å². The van der Waals surface area contributed by atoms with E-state index in [1.165, 1.54) is 32.1 Å². The fraction of sp³-hybridized carbons (Fsp3) is 0.750. The van der Waals surface area contributed by atoms with Gasteiger partial charge in [0.1, 0.15) is 0 Å². The van der Waals surface area contributed by atoms with E-state index >= 15 is 0 Å². The second kappa shape index (κ2) is 6.28. The number of aromatic nitrogens is 2. The lowest BCUT2D eigenvalue weighted by molar-refractivity contribution is -0.120. The summed E-state index contributed by atoms with van der Waals surface area (Å²) < 4.78 is 11.2. The van der Waals surface area contributed by atoms with Gasteiger partial charge in [-0.15, -0.1) is 5.10 Å². The van der Waals surface area contributed by atoms with Crippen LogP contribution in [-0.2, 0) is 4.74 Å². The Morgan fingerprint density at radius 1 is 1.29 bits per heavy atom. The second-order valence-corrected chi connectivity index (χ2v) is 6.37. The van der Waals surface area contributed by atoms with E-state index < -0.39 is 0 Å². The van der Waals surface area contributed by atoms with Crippen molar-refractivity contribution in [1.29, 1.82) is 0 Å². The minimum atomic E-state index is -0.0638. The van der Waals surface area contributed by atoms with Gasteiger partial charge < -0.3 is 15.2 Å². The van der Waals surface area contributed by atoms with Crippen LogP contribution in [0, 0.1) is 5.92 Å². The molecule has 2 unspecified atom stereocenters. The van der Waals surface area contributed by atoms with Crippen LogP contribution in [0.4, 0.5) is 0 Å². The fourth-order valence-electron chi connectivity index (χ4n) is 3.78. The van der Waals surface area contributed by atoms with E-state index in [2.05, 4.69) is 10.2 Å². The maximum atomic E-state index is 6.45. The van der Waals surface area contributed by atoms with Gasteiger partial charge in [-0.3, -0.25) is 0 Å². The molecular formula is C16H25N3O2. The Kier molecular flexibility index (Phi) is 4.40. The highest BCUT2D eigenvalue weighted by Gasteiger charge is 2.40. The van der Waals surface area contributed by atoms with Gasteiger partial charge in [0.05, 0.1) is 24.4 Å². The molecule has 2 N–H and O–H groups in total. The van der Waals surface area contributed by atoms with Gasteiger partial charge in [-0.25, -0.2) is 0 Å². The van der Waals surface area contributed by atoms with Crippen molar-refractivity contribution >= 4 is 0 Å². The summed E-state index contributed by atoms with van der Waals surface area (Å²) in [5, 5.41) is 8.25. The van der Waals surface area contributed by atoms with Crippen LogP contribution in [0.3, 0.4) is 0 Å². The van der Waals surface area contributed by atoms with Crippen LogP contribution in [0.5, 0.6) is 5.88 Å². The number of rotatable bonds is 3. The van der Waals surface area contributed by atoms with Crippen molar-refractivity contribution in [2.75, 3.05) is 13.7 Å². The molecule has 2 atom stereocenters. The molecule has 1 aromatic heterocycles. The van der Waals surface area contributed by atoms with Crippen LogP contribution in [0.15, 0.2) is 12.1 Å². The molecule has 2 aliphatic rings. The van der Waals surface area contributed by atoms with Crippen molar-refractivity contribution in [1.82, 2.24) is 10.2 Å². The maximum absolute atomic E-state index is 6.45. The highest BCUT2D eigenvalue weighted by atomic mass is 16.5. The van der Waals surface area contributed by atoms with E-state index in [1.807, 2.05) is 12.1 Å². The zero-order valence-electron chi connectivity index (χ0n) is 12.8. The van der Waals surface area contributed by atoms with Crippen LogP contribution in [0.25, 0.3) is 0 Å². The SMILES string of the molecule is COc1ccc(C(N)C2CCOC3(CCCCC3)C2)nn1. The Hall–Kier alpha value is -1.20. The lowest BCUT2D eigenvalue weighted by Gasteiger charge is -2.44. The third-order valence-electron chi connectivity index (χ3n) is 5.02. The van der Waals surface area contributed by atoms with E-state index in [4.69, 9.17) is 15.2 Å². The number of ether oxygens (including phenoxy) is 2. The molecule has 1 spiro atoms. The summed E-state index contributed by atoms with van der Waals surface area (Å²) in [5.41, 5.74) is 7.39. The van der Waals surface area contributed by atoms with Crippen LogP contribution >= 0.6 is 0 Å². The number of nitrogens with zero attached hydrogens (tertiary/aromatic N) is 2. The number of methoxy groups -OCH3 is 1. The Morgan fingerprint density at radius 2 is 2.10 bits per heavy atom.